The van der Waals surface area contributed by atoms with Gasteiger partial charge < -0.3 is 19.9 Å². The molecule has 3 N–H and O–H groups in total. The average Bonchev–Trinajstić information content (AvgIpc) is 2.64. The zero-order chi connectivity index (χ0) is 12.8. The largest absolute Gasteiger partial charge is 0.475 e. The van der Waals surface area contributed by atoms with Crippen molar-refractivity contribution in [2.75, 3.05) is 6.54 Å². The van der Waals surface area contributed by atoms with Crippen LogP contribution in [0.4, 0.5) is 0 Å². The van der Waals surface area contributed by atoms with Gasteiger partial charge in [-0.15, -0.1) is 0 Å². The molecule has 0 aliphatic heterocycles. The third-order valence-electron chi connectivity index (χ3n) is 2.38. The van der Waals surface area contributed by atoms with Gasteiger partial charge in [-0.1, -0.05) is 13.8 Å². The molecule has 1 heterocycles. The van der Waals surface area contributed by atoms with Gasteiger partial charge in [0.15, 0.2) is 0 Å². The molecule has 1 aromatic rings. The lowest BCUT2D eigenvalue weighted by Crippen LogP contribution is -2.27. The SMILES string of the molecule is CC(C)CC(O)CNCc1ccoc1C(=O)O. The van der Waals surface area contributed by atoms with Gasteiger partial charge >= 0.3 is 5.97 Å². The number of hydrogen-bond acceptors (Lipinski definition) is 4. The second kappa shape index (κ2) is 6.42. The first kappa shape index (κ1) is 13.7. The van der Waals surface area contributed by atoms with Crippen LogP contribution in [0.15, 0.2) is 16.7 Å². The van der Waals surface area contributed by atoms with E-state index in [9.17, 15) is 9.90 Å². The second-order valence-electron chi connectivity index (χ2n) is 4.49. The van der Waals surface area contributed by atoms with Crippen LogP contribution in [-0.2, 0) is 6.54 Å². The van der Waals surface area contributed by atoms with Gasteiger partial charge in [-0.2, -0.15) is 0 Å². The molecule has 0 fully saturated rings. The Morgan fingerprint density at radius 2 is 2.24 bits per heavy atom. The molecule has 17 heavy (non-hydrogen) atoms. The Labute approximate surface area is 100 Å². The zero-order valence-corrected chi connectivity index (χ0v) is 10.1. The smallest absolute Gasteiger partial charge is 0.372 e. The fraction of sp³-hybridized carbons (Fsp3) is 0.583. The molecule has 0 saturated carbocycles. The van der Waals surface area contributed by atoms with Gasteiger partial charge in [0, 0.05) is 18.7 Å². The van der Waals surface area contributed by atoms with Gasteiger partial charge in [0.05, 0.1) is 12.4 Å². The summed E-state index contributed by atoms with van der Waals surface area (Å²) in [4.78, 5) is 10.8. The van der Waals surface area contributed by atoms with Crippen molar-refractivity contribution >= 4 is 5.97 Å². The number of nitrogens with one attached hydrogen (secondary N) is 1. The molecule has 1 rings (SSSR count). The minimum Gasteiger partial charge on any atom is -0.475 e. The van der Waals surface area contributed by atoms with Gasteiger partial charge in [0.2, 0.25) is 5.76 Å². The van der Waals surface area contributed by atoms with Crippen molar-refractivity contribution in [3.8, 4) is 0 Å². The summed E-state index contributed by atoms with van der Waals surface area (Å²) in [5.74, 6) is -0.680. The van der Waals surface area contributed by atoms with Gasteiger partial charge in [-0.05, 0) is 18.4 Å². The van der Waals surface area contributed by atoms with Crippen LogP contribution in [0, 0.1) is 5.92 Å². The Kier molecular flexibility index (Phi) is 5.18. The normalized spacial score (nSPS) is 12.9. The maximum absolute atomic E-state index is 10.8. The number of furan rings is 1. The molecule has 96 valence electrons. The van der Waals surface area contributed by atoms with E-state index in [2.05, 4.69) is 5.32 Å². The Morgan fingerprint density at radius 1 is 1.53 bits per heavy atom. The fourth-order valence-electron chi connectivity index (χ4n) is 1.66. The zero-order valence-electron chi connectivity index (χ0n) is 10.1. The van der Waals surface area contributed by atoms with Crippen molar-refractivity contribution in [3.05, 3.63) is 23.7 Å². The number of carboxylic acids is 1. The summed E-state index contributed by atoms with van der Waals surface area (Å²) in [6.07, 6.45) is 1.67. The molecule has 0 aromatic carbocycles. The van der Waals surface area contributed by atoms with Crippen molar-refractivity contribution in [2.45, 2.75) is 32.9 Å². The highest BCUT2D eigenvalue weighted by Gasteiger charge is 2.14. The summed E-state index contributed by atoms with van der Waals surface area (Å²) in [6, 6.07) is 1.62. The van der Waals surface area contributed by atoms with Gasteiger partial charge in [-0.3, -0.25) is 0 Å². The topological polar surface area (TPSA) is 82.7 Å². The molecule has 1 aromatic heterocycles. The van der Waals surface area contributed by atoms with E-state index in [0.29, 0.717) is 24.6 Å². The number of carbonyl (C=O) groups is 1. The molecule has 0 radical (unpaired) electrons. The minimum absolute atomic E-state index is 0.0455. The molecular formula is C12H19NO4. The predicted octanol–water partition coefficient (Wildman–Crippen LogP) is 1.47. The maximum atomic E-state index is 10.8. The number of hydrogen-bond donors (Lipinski definition) is 3. The monoisotopic (exact) mass is 241 g/mol. The van der Waals surface area contributed by atoms with Gasteiger partial charge in [0.1, 0.15) is 0 Å². The molecule has 5 heteroatoms. The third-order valence-corrected chi connectivity index (χ3v) is 2.38. The summed E-state index contributed by atoms with van der Waals surface area (Å²) < 4.78 is 4.85. The highest BCUT2D eigenvalue weighted by atomic mass is 16.4. The molecular weight excluding hydrogens is 222 g/mol. The highest BCUT2D eigenvalue weighted by molar-refractivity contribution is 5.86. The molecule has 1 unspecified atom stereocenters. The van der Waals surface area contributed by atoms with Crippen molar-refractivity contribution in [2.24, 2.45) is 5.92 Å². The fourth-order valence-corrected chi connectivity index (χ4v) is 1.66. The van der Waals surface area contributed by atoms with Crippen LogP contribution in [0.1, 0.15) is 36.4 Å². The van der Waals surface area contributed by atoms with Crippen LogP contribution in [0.25, 0.3) is 0 Å². The molecule has 0 aliphatic rings. The summed E-state index contributed by atoms with van der Waals surface area (Å²) >= 11 is 0. The first-order chi connectivity index (χ1) is 8.00. The molecule has 5 nitrogen and oxygen atoms in total. The Hall–Kier alpha value is -1.33. The summed E-state index contributed by atoms with van der Waals surface area (Å²) in [5, 5.41) is 21.5. The molecule has 0 saturated heterocycles. The lowest BCUT2D eigenvalue weighted by Gasteiger charge is -2.13. The highest BCUT2D eigenvalue weighted by Crippen LogP contribution is 2.10. The predicted molar refractivity (Wildman–Crippen MR) is 62.8 cm³/mol. The second-order valence-corrected chi connectivity index (χ2v) is 4.49. The molecule has 0 bridgehead atoms. The van der Waals surface area contributed by atoms with E-state index in [4.69, 9.17) is 9.52 Å². The minimum atomic E-state index is -1.07. The van der Waals surface area contributed by atoms with E-state index in [1.54, 1.807) is 6.07 Å². The molecule has 1 atom stereocenters. The lowest BCUT2D eigenvalue weighted by atomic mass is 10.1. The van der Waals surface area contributed by atoms with Crippen LogP contribution in [-0.4, -0.2) is 28.8 Å². The van der Waals surface area contributed by atoms with Gasteiger partial charge in [0.25, 0.3) is 0 Å². The van der Waals surface area contributed by atoms with Crippen molar-refractivity contribution in [1.82, 2.24) is 5.32 Å². The van der Waals surface area contributed by atoms with E-state index >= 15 is 0 Å². The summed E-state index contributed by atoms with van der Waals surface area (Å²) in [6.45, 7) is 4.92. The molecule has 0 aliphatic carbocycles. The molecule has 0 amide bonds. The van der Waals surface area contributed by atoms with Crippen LogP contribution in [0.3, 0.4) is 0 Å². The van der Waals surface area contributed by atoms with Crippen LogP contribution >= 0.6 is 0 Å². The average molecular weight is 241 g/mol. The van der Waals surface area contributed by atoms with E-state index in [-0.39, 0.29) is 5.76 Å². The first-order valence-electron chi connectivity index (χ1n) is 5.69. The van der Waals surface area contributed by atoms with Crippen LogP contribution < -0.4 is 5.32 Å². The standard InChI is InChI=1S/C12H19NO4/c1-8(2)5-10(14)7-13-6-9-3-4-17-11(9)12(15)16/h3-4,8,10,13-14H,5-7H2,1-2H3,(H,15,16). The van der Waals surface area contributed by atoms with E-state index in [1.165, 1.54) is 6.26 Å². The first-order valence-corrected chi connectivity index (χ1v) is 5.69. The quantitative estimate of drug-likeness (QED) is 0.673. The summed E-state index contributed by atoms with van der Waals surface area (Å²) in [7, 11) is 0. The van der Waals surface area contributed by atoms with Crippen LogP contribution in [0.2, 0.25) is 0 Å². The maximum Gasteiger partial charge on any atom is 0.372 e. The Bertz CT molecular complexity index is 359. The lowest BCUT2D eigenvalue weighted by molar-refractivity contribution is 0.0660. The number of carboxylic acid groups (broad SMARTS) is 1. The Balaban J connectivity index is 2.35. The number of aliphatic hydroxyl groups is 1. The Morgan fingerprint density at radius 3 is 2.82 bits per heavy atom. The van der Waals surface area contributed by atoms with Crippen LogP contribution in [0.5, 0.6) is 0 Å². The third kappa shape index (κ3) is 4.58. The number of rotatable bonds is 7. The van der Waals surface area contributed by atoms with Crippen molar-refractivity contribution < 1.29 is 19.4 Å². The number of aliphatic hydroxyl groups excluding tert-OH is 1. The van der Waals surface area contributed by atoms with E-state index < -0.39 is 12.1 Å². The van der Waals surface area contributed by atoms with E-state index in [0.717, 1.165) is 6.42 Å². The van der Waals surface area contributed by atoms with Gasteiger partial charge in [-0.25, -0.2) is 4.79 Å². The van der Waals surface area contributed by atoms with Crippen molar-refractivity contribution in [1.29, 1.82) is 0 Å². The number of aromatic carboxylic acids is 1. The summed E-state index contributed by atoms with van der Waals surface area (Å²) in [5.41, 5.74) is 0.592. The van der Waals surface area contributed by atoms with E-state index in [1.807, 2.05) is 13.8 Å². The molecule has 0 spiro atoms. The van der Waals surface area contributed by atoms with Crippen molar-refractivity contribution in [3.63, 3.8) is 0 Å².